The van der Waals surface area contributed by atoms with E-state index in [0.29, 0.717) is 12.3 Å². The van der Waals surface area contributed by atoms with Crippen LogP contribution in [0.2, 0.25) is 0 Å². The van der Waals surface area contributed by atoms with Crippen LogP contribution >= 0.6 is 0 Å². The number of benzene rings is 1. The van der Waals surface area contributed by atoms with Gasteiger partial charge in [0.15, 0.2) is 0 Å². The molecule has 1 aromatic rings. The molecule has 0 heterocycles. The molecule has 0 saturated carbocycles. The molecule has 0 bridgehead atoms. The lowest BCUT2D eigenvalue weighted by atomic mass is 9.97. The fourth-order valence-electron chi connectivity index (χ4n) is 1.77. The molecule has 0 radical (unpaired) electrons. The average Bonchev–Trinajstić information content (AvgIpc) is 2.19. The van der Waals surface area contributed by atoms with Crippen molar-refractivity contribution in [2.24, 2.45) is 5.92 Å². The summed E-state index contributed by atoms with van der Waals surface area (Å²) in [6.07, 6.45) is 2.15. The third-order valence-electron chi connectivity index (χ3n) is 2.84. The first-order chi connectivity index (χ1) is 7.49. The van der Waals surface area contributed by atoms with Crippen molar-refractivity contribution < 1.29 is 9.50 Å². The minimum atomic E-state index is -0.313. The molecule has 16 heavy (non-hydrogen) atoms. The Balaban J connectivity index is 2.52. The Bertz CT molecular complexity index is 334. The fraction of sp³-hybridized carbons (Fsp3) is 0.571. The minimum Gasteiger partial charge on any atom is -0.393 e. The summed E-state index contributed by atoms with van der Waals surface area (Å²) in [6, 6.07) is 4.74. The lowest BCUT2D eigenvalue weighted by Crippen LogP contribution is -2.12. The number of aryl methyl sites for hydroxylation is 1. The van der Waals surface area contributed by atoms with Crippen LogP contribution in [0.25, 0.3) is 0 Å². The maximum Gasteiger partial charge on any atom is 0.123 e. The summed E-state index contributed by atoms with van der Waals surface area (Å²) in [5, 5.41) is 9.85. The summed E-state index contributed by atoms with van der Waals surface area (Å²) < 4.78 is 12.9. The Morgan fingerprint density at radius 1 is 1.25 bits per heavy atom. The van der Waals surface area contributed by atoms with Crippen LogP contribution in [0.15, 0.2) is 18.2 Å². The maximum absolute atomic E-state index is 12.9. The van der Waals surface area contributed by atoms with Crippen molar-refractivity contribution >= 4 is 0 Å². The van der Waals surface area contributed by atoms with Gasteiger partial charge in [0, 0.05) is 0 Å². The third kappa shape index (κ3) is 4.31. The summed E-state index contributed by atoms with van der Waals surface area (Å²) in [4.78, 5) is 0. The lowest BCUT2D eigenvalue weighted by Gasteiger charge is -2.13. The van der Waals surface area contributed by atoms with Crippen molar-refractivity contribution in [2.75, 3.05) is 0 Å². The molecular weight excluding hydrogens is 203 g/mol. The predicted molar refractivity (Wildman–Crippen MR) is 64.9 cm³/mol. The van der Waals surface area contributed by atoms with E-state index in [0.717, 1.165) is 24.0 Å². The highest BCUT2D eigenvalue weighted by Crippen LogP contribution is 2.15. The largest absolute Gasteiger partial charge is 0.393 e. The second-order valence-electron chi connectivity index (χ2n) is 4.90. The topological polar surface area (TPSA) is 20.2 Å². The fourth-order valence-corrected chi connectivity index (χ4v) is 1.77. The molecule has 0 saturated heterocycles. The van der Waals surface area contributed by atoms with E-state index in [1.165, 1.54) is 12.1 Å². The normalized spacial score (nSPS) is 13.1. The monoisotopic (exact) mass is 224 g/mol. The Morgan fingerprint density at radius 2 is 1.94 bits per heavy atom. The highest BCUT2D eigenvalue weighted by Gasteiger charge is 2.09. The van der Waals surface area contributed by atoms with Gasteiger partial charge in [-0.1, -0.05) is 19.9 Å². The van der Waals surface area contributed by atoms with E-state index in [4.69, 9.17) is 0 Å². The van der Waals surface area contributed by atoms with Crippen molar-refractivity contribution in [3.05, 3.63) is 35.1 Å². The number of hydrogen-bond donors (Lipinski definition) is 1. The molecule has 0 spiro atoms. The molecule has 90 valence electrons. The number of halogens is 1. The van der Waals surface area contributed by atoms with Gasteiger partial charge in [0.1, 0.15) is 5.82 Å². The second-order valence-corrected chi connectivity index (χ2v) is 4.90. The molecule has 0 aliphatic heterocycles. The summed E-state index contributed by atoms with van der Waals surface area (Å²) in [7, 11) is 0. The molecule has 1 nitrogen and oxygen atoms in total. The summed E-state index contributed by atoms with van der Waals surface area (Å²) in [5.74, 6) is 0.405. The first kappa shape index (κ1) is 13.2. The van der Waals surface area contributed by atoms with Gasteiger partial charge in [0.2, 0.25) is 0 Å². The molecule has 1 unspecified atom stereocenters. The quantitative estimate of drug-likeness (QED) is 0.812. The van der Waals surface area contributed by atoms with Gasteiger partial charge < -0.3 is 5.11 Å². The molecule has 0 aromatic heterocycles. The molecule has 0 aliphatic carbocycles. The molecule has 1 N–H and O–H groups in total. The van der Waals surface area contributed by atoms with E-state index in [1.807, 2.05) is 6.92 Å². The van der Waals surface area contributed by atoms with Gasteiger partial charge >= 0.3 is 0 Å². The average molecular weight is 224 g/mol. The van der Waals surface area contributed by atoms with Gasteiger partial charge in [-0.05, 0) is 55.4 Å². The third-order valence-corrected chi connectivity index (χ3v) is 2.84. The van der Waals surface area contributed by atoms with Gasteiger partial charge in [-0.2, -0.15) is 0 Å². The van der Waals surface area contributed by atoms with Crippen molar-refractivity contribution in [3.63, 3.8) is 0 Å². The number of rotatable bonds is 5. The second kappa shape index (κ2) is 6.00. The Kier molecular flexibility index (Phi) is 4.94. The molecule has 1 aromatic carbocycles. The zero-order valence-electron chi connectivity index (χ0n) is 10.3. The first-order valence-electron chi connectivity index (χ1n) is 5.92. The van der Waals surface area contributed by atoms with Gasteiger partial charge in [0.05, 0.1) is 6.10 Å². The predicted octanol–water partition coefficient (Wildman–Crippen LogP) is 3.47. The molecule has 1 rings (SSSR count). The zero-order valence-corrected chi connectivity index (χ0v) is 10.3. The Hall–Kier alpha value is -0.890. The van der Waals surface area contributed by atoms with E-state index in [9.17, 15) is 9.50 Å². The van der Waals surface area contributed by atoms with Crippen LogP contribution in [0.5, 0.6) is 0 Å². The number of aliphatic hydroxyl groups is 1. The van der Waals surface area contributed by atoms with Crippen LogP contribution in [0.3, 0.4) is 0 Å². The summed E-state index contributed by atoms with van der Waals surface area (Å²) >= 11 is 0. The number of aliphatic hydroxyl groups excluding tert-OH is 1. The van der Waals surface area contributed by atoms with E-state index in [1.54, 1.807) is 6.07 Å². The molecule has 1 atom stereocenters. The van der Waals surface area contributed by atoms with Crippen LogP contribution in [-0.4, -0.2) is 11.2 Å². The smallest absolute Gasteiger partial charge is 0.123 e. The van der Waals surface area contributed by atoms with E-state index < -0.39 is 0 Å². The summed E-state index contributed by atoms with van der Waals surface area (Å²) in [6.45, 7) is 6.18. The van der Waals surface area contributed by atoms with E-state index in [-0.39, 0.29) is 11.9 Å². The van der Waals surface area contributed by atoms with Crippen LogP contribution in [-0.2, 0) is 6.42 Å². The van der Waals surface area contributed by atoms with Crippen LogP contribution < -0.4 is 0 Å². The standard InChI is InChI=1S/C14H21FO/c1-10(2)4-7-14(16)9-12-5-6-13(15)8-11(12)3/h5-6,8,10,14,16H,4,7,9H2,1-3H3. The van der Waals surface area contributed by atoms with Gasteiger partial charge in [-0.3, -0.25) is 0 Å². The number of hydrogen-bond acceptors (Lipinski definition) is 1. The van der Waals surface area contributed by atoms with Crippen LogP contribution in [0, 0.1) is 18.7 Å². The van der Waals surface area contributed by atoms with Crippen molar-refractivity contribution in [1.29, 1.82) is 0 Å². The SMILES string of the molecule is Cc1cc(F)ccc1CC(O)CCC(C)C. The van der Waals surface area contributed by atoms with Crippen LogP contribution in [0.1, 0.15) is 37.8 Å². The van der Waals surface area contributed by atoms with Crippen molar-refractivity contribution in [3.8, 4) is 0 Å². The van der Waals surface area contributed by atoms with Crippen molar-refractivity contribution in [1.82, 2.24) is 0 Å². The molecule has 0 fully saturated rings. The summed E-state index contributed by atoms with van der Waals surface area (Å²) in [5.41, 5.74) is 1.96. The molecule has 0 aliphatic rings. The zero-order chi connectivity index (χ0) is 12.1. The minimum absolute atomic E-state index is 0.210. The molecule has 0 amide bonds. The molecular formula is C14H21FO. The van der Waals surface area contributed by atoms with Gasteiger partial charge in [-0.25, -0.2) is 4.39 Å². The maximum atomic E-state index is 12.9. The van der Waals surface area contributed by atoms with Gasteiger partial charge in [-0.15, -0.1) is 0 Å². The highest BCUT2D eigenvalue weighted by molar-refractivity contribution is 5.27. The van der Waals surface area contributed by atoms with Crippen molar-refractivity contribution in [2.45, 2.75) is 46.1 Å². The lowest BCUT2D eigenvalue weighted by molar-refractivity contribution is 0.156. The highest BCUT2D eigenvalue weighted by atomic mass is 19.1. The molecule has 2 heteroatoms. The Labute approximate surface area is 97.3 Å². The Morgan fingerprint density at radius 3 is 2.50 bits per heavy atom. The van der Waals surface area contributed by atoms with Crippen LogP contribution in [0.4, 0.5) is 4.39 Å². The van der Waals surface area contributed by atoms with E-state index >= 15 is 0 Å². The van der Waals surface area contributed by atoms with E-state index in [2.05, 4.69) is 13.8 Å². The first-order valence-corrected chi connectivity index (χ1v) is 5.92. The van der Waals surface area contributed by atoms with Gasteiger partial charge in [0.25, 0.3) is 0 Å².